The molecule has 138 valence electrons. The zero-order valence-corrected chi connectivity index (χ0v) is 16.2. The lowest BCUT2D eigenvalue weighted by Gasteiger charge is -2.51. The molecule has 4 atom stereocenters. The van der Waals surface area contributed by atoms with Crippen LogP contribution in [0.25, 0.3) is 0 Å². The van der Waals surface area contributed by atoms with Crippen LogP contribution in [0.15, 0.2) is 60.7 Å². The molecule has 2 aliphatic rings. The van der Waals surface area contributed by atoms with Crippen molar-refractivity contribution < 1.29 is 0 Å². The van der Waals surface area contributed by atoms with Gasteiger partial charge in [-0.2, -0.15) is 0 Å². The van der Waals surface area contributed by atoms with E-state index in [9.17, 15) is 0 Å². The Balaban J connectivity index is 1.65. The molecule has 2 aliphatic heterocycles. The third-order valence-corrected chi connectivity index (χ3v) is 6.37. The fraction of sp³-hybridized carbons (Fsp3) is 0.500. The van der Waals surface area contributed by atoms with Crippen molar-refractivity contribution in [2.24, 2.45) is 11.8 Å². The highest BCUT2D eigenvalue weighted by Crippen LogP contribution is 2.42. The molecule has 0 spiro atoms. The minimum atomic E-state index is 0.513. The standard InChI is InChI=1S/C24H32N2/c1-19-13-15-25(23(17-19)21-9-5-3-6-10-21)26-16-14-20(2)18-24(26)22-11-7-4-8-12-22/h3-12,19-20,23-24H,13-18H2,1-2H3/t19-,20-,23+,24?/m0/s1. The zero-order valence-electron chi connectivity index (χ0n) is 16.2. The molecule has 0 saturated carbocycles. The van der Waals surface area contributed by atoms with Crippen molar-refractivity contribution in [1.82, 2.24) is 10.0 Å². The van der Waals surface area contributed by atoms with Crippen LogP contribution in [0, 0.1) is 11.8 Å². The van der Waals surface area contributed by atoms with Crippen molar-refractivity contribution in [3.63, 3.8) is 0 Å². The molecule has 2 heterocycles. The second-order valence-corrected chi connectivity index (χ2v) is 8.44. The van der Waals surface area contributed by atoms with Gasteiger partial charge in [0.05, 0.1) is 0 Å². The van der Waals surface area contributed by atoms with Gasteiger partial charge in [0.1, 0.15) is 0 Å². The maximum atomic E-state index is 2.72. The highest BCUT2D eigenvalue weighted by Gasteiger charge is 2.37. The molecule has 0 bridgehead atoms. The average molecular weight is 349 g/mol. The summed E-state index contributed by atoms with van der Waals surface area (Å²) in [7, 11) is 0. The highest BCUT2D eigenvalue weighted by molar-refractivity contribution is 5.22. The first-order valence-corrected chi connectivity index (χ1v) is 10.4. The number of hydrogen-bond acceptors (Lipinski definition) is 2. The number of rotatable bonds is 3. The molecule has 1 unspecified atom stereocenters. The van der Waals surface area contributed by atoms with Gasteiger partial charge in [0, 0.05) is 25.2 Å². The molecule has 2 heteroatoms. The lowest BCUT2D eigenvalue weighted by molar-refractivity contribution is -0.137. The molecule has 2 aromatic carbocycles. The molecule has 0 amide bonds. The molecule has 0 aromatic heterocycles. The molecular weight excluding hydrogens is 316 g/mol. The number of hydrazine groups is 1. The molecule has 4 rings (SSSR count). The van der Waals surface area contributed by atoms with Crippen LogP contribution < -0.4 is 0 Å². The summed E-state index contributed by atoms with van der Waals surface area (Å²) in [5.74, 6) is 1.60. The summed E-state index contributed by atoms with van der Waals surface area (Å²) in [6.07, 6.45) is 5.13. The van der Waals surface area contributed by atoms with Crippen LogP contribution in [-0.4, -0.2) is 23.1 Å². The largest absolute Gasteiger partial charge is 0.234 e. The molecule has 26 heavy (non-hydrogen) atoms. The van der Waals surface area contributed by atoms with E-state index >= 15 is 0 Å². The number of piperidine rings is 2. The van der Waals surface area contributed by atoms with E-state index in [0.717, 1.165) is 11.8 Å². The molecule has 2 aromatic rings. The lowest BCUT2D eigenvalue weighted by atomic mass is 9.87. The third kappa shape index (κ3) is 3.72. The summed E-state index contributed by atoms with van der Waals surface area (Å²) < 4.78 is 0. The van der Waals surface area contributed by atoms with Crippen LogP contribution in [0.1, 0.15) is 62.7 Å². The van der Waals surface area contributed by atoms with Crippen LogP contribution in [0.3, 0.4) is 0 Å². The Labute approximate surface area is 158 Å². The van der Waals surface area contributed by atoms with Gasteiger partial charge >= 0.3 is 0 Å². The van der Waals surface area contributed by atoms with Crippen molar-refractivity contribution in [3.05, 3.63) is 71.8 Å². The van der Waals surface area contributed by atoms with E-state index in [4.69, 9.17) is 0 Å². The monoisotopic (exact) mass is 348 g/mol. The molecule has 2 nitrogen and oxygen atoms in total. The summed E-state index contributed by atoms with van der Waals surface area (Å²) in [5.41, 5.74) is 2.95. The fourth-order valence-corrected chi connectivity index (χ4v) is 4.84. The average Bonchev–Trinajstić information content (AvgIpc) is 2.69. The zero-order chi connectivity index (χ0) is 17.9. The summed E-state index contributed by atoms with van der Waals surface area (Å²) in [4.78, 5) is 0. The van der Waals surface area contributed by atoms with Gasteiger partial charge < -0.3 is 0 Å². The van der Waals surface area contributed by atoms with Crippen LogP contribution in [0.2, 0.25) is 0 Å². The molecule has 2 fully saturated rings. The number of nitrogens with zero attached hydrogens (tertiary/aromatic N) is 2. The van der Waals surface area contributed by atoms with E-state index in [1.807, 2.05) is 0 Å². The second kappa shape index (κ2) is 7.94. The maximum absolute atomic E-state index is 2.72. The van der Waals surface area contributed by atoms with Gasteiger partial charge in [0.25, 0.3) is 0 Å². The Bertz CT molecular complexity index is 622. The number of benzene rings is 2. The second-order valence-electron chi connectivity index (χ2n) is 8.44. The van der Waals surface area contributed by atoms with Gasteiger partial charge in [-0.05, 0) is 48.6 Å². The van der Waals surface area contributed by atoms with Crippen molar-refractivity contribution in [2.45, 2.75) is 51.6 Å². The highest BCUT2D eigenvalue weighted by atomic mass is 15.6. The van der Waals surface area contributed by atoms with E-state index < -0.39 is 0 Å². The SMILES string of the molecule is C[C@H]1CCN(N2CC[C@H](C)C[C@@H]2c2ccccc2)C(c2ccccc2)C1. The van der Waals surface area contributed by atoms with Gasteiger partial charge in [0.15, 0.2) is 0 Å². The van der Waals surface area contributed by atoms with Gasteiger partial charge in [0.2, 0.25) is 0 Å². The van der Waals surface area contributed by atoms with Crippen LogP contribution in [0.4, 0.5) is 0 Å². The summed E-state index contributed by atoms with van der Waals surface area (Å²) in [5, 5.41) is 5.44. The smallest absolute Gasteiger partial charge is 0.0498 e. The topological polar surface area (TPSA) is 6.48 Å². The predicted molar refractivity (Wildman–Crippen MR) is 109 cm³/mol. The van der Waals surface area contributed by atoms with Crippen molar-refractivity contribution in [1.29, 1.82) is 0 Å². The number of hydrogen-bond donors (Lipinski definition) is 0. The third-order valence-electron chi connectivity index (χ3n) is 6.37. The first-order chi connectivity index (χ1) is 12.7. The van der Waals surface area contributed by atoms with Crippen molar-refractivity contribution >= 4 is 0 Å². The van der Waals surface area contributed by atoms with Crippen LogP contribution in [0.5, 0.6) is 0 Å². The minimum Gasteiger partial charge on any atom is -0.234 e. The Hall–Kier alpha value is -1.64. The molecule has 0 radical (unpaired) electrons. The molecule has 0 N–H and O–H groups in total. The fourth-order valence-electron chi connectivity index (χ4n) is 4.84. The molecule has 2 saturated heterocycles. The predicted octanol–water partition coefficient (Wildman–Crippen LogP) is 5.85. The van der Waals surface area contributed by atoms with E-state index in [-0.39, 0.29) is 0 Å². The Morgan fingerprint density at radius 1 is 0.615 bits per heavy atom. The Morgan fingerprint density at radius 2 is 1.00 bits per heavy atom. The lowest BCUT2D eigenvalue weighted by Crippen LogP contribution is -2.52. The van der Waals surface area contributed by atoms with Crippen LogP contribution >= 0.6 is 0 Å². The van der Waals surface area contributed by atoms with Gasteiger partial charge in [-0.25, -0.2) is 10.0 Å². The van der Waals surface area contributed by atoms with Gasteiger partial charge in [-0.15, -0.1) is 0 Å². The van der Waals surface area contributed by atoms with Gasteiger partial charge in [-0.3, -0.25) is 0 Å². The van der Waals surface area contributed by atoms with E-state index in [2.05, 4.69) is 84.5 Å². The summed E-state index contributed by atoms with van der Waals surface area (Å²) in [6, 6.07) is 23.3. The molecule has 0 aliphatic carbocycles. The van der Waals surface area contributed by atoms with Crippen LogP contribution in [-0.2, 0) is 0 Å². The van der Waals surface area contributed by atoms with Crippen molar-refractivity contribution in [3.8, 4) is 0 Å². The normalized spacial score (nSPS) is 31.0. The summed E-state index contributed by atoms with van der Waals surface area (Å²) in [6.45, 7) is 7.19. The summed E-state index contributed by atoms with van der Waals surface area (Å²) >= 11 is 0. The van der Waals surface area contributed by atoms with E-state index in [1.54, 1.807) is 0 Å². The van der Waals surface area contributed by atoms with E-state index in [0.29, 0.717) is 12.1 Å². The minimum absolute atomic E-state index is 0.513. The van der Waals surface area contributed by atoms with Gasteiger partial charge in [-0.1, -0.05) is 74.5 Å². The van der Waals surface area contributed by atoms with E-state index in [1.165, 1.54) is 49.9 Å². The molecular formula is C24H32N2. The van der Waals surface area contributed by atoms with Crippen molar-refractivity contribution in [2.75, 3.05) is 13.1 Å². The first-order valence-electron chi connectivity index (χ1n) is 10.4. The Kier molecular flexibility index (Phi) is 5.42. The quantitative estimate of drug-likeness (QED) is 0.686. The Morgan fingerprint density at radius 3 is 1.38 bits per heavy atom. The first kappa shape index (κ1) is 17.8. The maximum Gasteiger partial charge on any atom is 0.0498 e.